The van der Waals surface area contributed by atoms with E-state index in [4.69, 9.17) is 10.5 Å². The molecular formula is C22H26N6O3S2. The number of hydrogen-bond acceptors (Lipinski definition) is 8. The van der Waals surface area contributed by atoms with Gasteiger partial charge in [-0.3, -0.25) is 14.2 Å². The molecule has 3 aromatic rings. The summed E-state index contributed by atoms with van der Waals surface area (Å²) in [6, 6.07) is 9.75. The molecule has 174 valence electrons. The highest BCUT2D eigenvalue weighted by molar-refractivity contribution is 8.00. The SMILES string of the molecule is CCc1ccccc1-n1c(SC(C)C(=O)Nc2sccc2C(N)=O)nnc1N1CCOCC1. The van der Waals surface area contributed by atoms with Crippen LogP contribution in [0.3, 0.4) is 0 Å². The number of thiophene rings is 1. The van der Waals surface area contributed by atoms with Crippen LogP contribution in [0.5, 0.6) is 0 Å². The molecule has 0 saturated carbocycles. The number of carbonyl (C=O) groups excluding carboxylic acids is 2. The zero-order valence-electron chi connectivity index (χ0n) is 18.5. The number of nitrogens with two attached hydrogens (primary N) is 1. The van der Waals surface area contributed by atoms with Gasteiger partial charge < -0.3 is 20.7 Å². The van der Waals surface area contributed by atoms with Gasteiger partial charge in [-0.05, 0) is 36.4 Å². The second-order valence-electron chi connectivity index (χ2n) is 7.48. The van der Waals surface area contributed by atoms with Crippen LogP contribution in [-0.2, 0) is 16.0 Å². The van der Waals surface area contributed by atoms with Crippen molar-refractivity contribution in [3.8, 4) is 5.69 Å². The summed E-state index contributed by atoms with van der Waals surface area (Å²) in [5.41, 5.74) is 7.86. The molecule has 1 unspecified atom stereocenters. The Morgan fingerprint density at radius 2 is 2.00 bits per heavy atom. The molecule has 1 atom stereocenters. The third kappa shape index (κ3) is 5.05. The maximum atomic E-state index is 12.9. The Labute approximate surface area is 200 Å². The fourth-order valence-corrected chi connectivity index (χ4v) is 5.22. The number of benzene rings is 1. The van der Waals surface area contributed by atoms with E-state index < -0.39 is 11.2 Å². The van der Waals surface area contributed by atoms with Crippen molar-refractivity contribution >= 4 is 45.9 Å². The summed E-state index contributed by atoms with van der Waals surface area (Å²) in [4.78, 5) is 26.6. The van der Waals surface area contributed by atoms with Crippen molar-refractivity contribution in [2.45, 2.75) is 30.7 Å². The first kappa shape index (κ1) is 23.3. The van der Waals surface area contributed by atoms with Crippen LogP contribution in [0.2, 0.25) is 0 Å². The molecule has 0 radical (unpaired) electrons. The van der Waals surface area contributed by atoms with E-state index in [1.54, 1.807) is 18.4 Å². The molecule has 3 N–H and O–H groups in total. The molecule has 3 heterocycles. The van der Waals surface area contributed by atoms with Crippen molar-refractivity contribution < 1.29 is 14.3 Å². The molecule has 33 heavy (non-hydrogen) atoms. The molecule has 1 aliphatic heterocycles. The number of para-hydroxylation sites is 1. The van der Waals surface area contributed by atoms with Crippen LogP contribution in [0, 0.1) is 0 Å². The van der Waals surface area contributed by atoms with Gasteiger partial charge in [0, 0.05) is 13.1 Å². The molecule has 0 spiro atoms. The largest absolute Gasteiger partial charge is 0.378 e. The number of thioether (sulfide) groups is 1. The predicted molar refractivity (Wildman–Crippen MR) is 131 cm³/mol. The summed E-state index contributed by atoms with van der Waals surface area (Å²) in [5.74, 6) is -0.0716. The molecular weight excluding hydrogens is 460 g/mol. The van der Waals surface area contributed by atoms with Gasteiger partial charge in [0.25, 0.3) is 5.91 Å². The minimum absolute atomic E-state index is 0.240. The number of primary amides is 1. The molecule has 1 aliphatic rings. The van der Waals surface area contributed by atoms with E-state index in [1.165, 1.54) is 23.1 Å². The first-order valence-electron chi connectivity index (χ1n) is 10.7. The number of nitrogens with one attached hydrogen (secondary N) is 1. The second-order valence-corrected chi connectivity index (χ2v) is 9.70. The van der Waals surface area contributed by atoms with Crippen LogP contribution in [0.15, 0.2) is 40.9 Å². The van der Waals surface area contributed by atoms with Gasteiger partial charge in [0.1, 0.15) is 5.00 Å². The van der Waals surface area contributed by atoms with Crippen LogP contribution in [0.25, 0.3) is 5.69 Å². The number of aromatic nitrogens is 3. The van der Waals surface area contributed by atoms with Crippen molar-refractivity contribution in [1.29, 1.82) is 0 Å². The molecule has 11 heteroatoms. The summed E-state index contributed by atoms with van der Waals surface area (Å²) < 4.78 is 7.53. The van der Waals surface area contributed by atoms with Crippen molar-refractivity contribution in [3.63, 3.8) is 0 Å². The number of carbonyl (C=O) groups is 2. The van der Waals surface area contributed by atoms with Crippen LogP contribution in [0.4, 0.5) is 10.9 Å². The lowest BCUT2D eigenvalue weighted by molar-refractivity contribution is -0.115. The topological polar surface area (TPSA) is 115 Å². The maximum Gasteiger partial charge on any atom is 0.251 e. The molecule has 9 nitrogen and oxygen atoms in total. The lowest BCUT2D eigenvalue weighted by atomic mass is 10.1. The summed E-state index contributed by atoms with van der Waals surface area (Å²) in [5, 5.41) is 14.1. The highest BCUT2D eigenvalue weighted by Crippen LogP contribution is 2.32. The summed E-state index contributed by atoms with van der Waals surface area (Å²) in [6.45, 7) is 6.62. The predicted octanol–water partition coefficient (Wildman–Crippen LogP) is 2.95. The fraction of sp³-hybridized carbons (Fsp3) is 0.364. The van der Waals surface area contributed by atoms with Crippen molar-refractivity contribution in [2.24, 2.45) is 5.73 Å². The highest BCUT2D eigenvalue weighted by atomic mass is 32.2. The van der Waals surface area contributed by atoms with Gasteiger partial charge in [0.2, 0.25) is 11.9 Å². The number of nitrogens with zero attached hydrogens (tertiary/aromatic N) is 4. The van der Waals surface area contributed by atoms with E-state index >= 15 is 0 Å². The van der Waals surface area contributed by atoms with Gasteiger partial charge in [-0.1, -0.05) is 36.9 Å². The monoisotopic (exact) mass is 486 g/mol. The summed E-state index contributed by atoms with van der Waals surface area (Å²) >= 11 is 2.59. The molecule has 2 aromatic heterocycles. The van der Waals surface area contributed by atoms with Crippen LogP contribution >= 0.6 is 23.1 Å². The number of amides is 2. The van der Waals surface area contributed by atoms with Gasteiger partial charge in [0.05, 0.1) is 29.7 Å². The number of ether oxygens (including phenoxy) is 1. The average molecular weight is 487 g/mol. The molecule has 2 amide bonds. The van der Waals surface area contributed by atoms with E-state index in [9.17, 15) is 9.59 Å². The average Bonchev–Trinajstić information content (AvgIpc) is 3.46. The first-order chi connectivity index (χ1) is 16.0. The highest BCUT2D eigenvalue weighted by Gasteiger charge is 2.26. The molecule has 4 rings (SSSR count). The second kappa shape index (κ2) is 10.4. The maximum absolute atomic E-state index is 12.9. The summed E-state index contributed by atoms with van der Waals surface area (Å²) in [7, 11) is 0. The number of aryl methyl sites for hydroxylation is 1. The zero-order chi connectivity index (χ0) is 23.4. The number of hydrogen-bond donors (Lipinski definition) is 2. The smallest absolute Gasteiger partial charge is 0.251 e. The summed E-state index contributed by atoms with van der Waals surface area (Å²) in [6.07, 6.45) is 0.853. The van der Waals surface area contributed by atoms with E-state index in [0.717, 1.165) is 36.7 Å². The third-order valence-corrected chi connectivity index (χ3v) is 7.21. The molecule has 1 fully saturated rings. The van der Waals surface area contributed by atoms with Gasteiger partial charge in [-0.25, -0.2) is 0 Å². The number of morpholine rings is 1. The van der Waals surface area contributed by atoms with Crippen molar-refractivity contribution in [1.82, 2.24) is 14.8 Å². The Bertz CT molecular complexity index is 1140. The van der Waals surface area contributed by atoms with Gasteiger partial charge in [-0.2, -0.15) is 0 Å². The van der Waals surface area contributed by atoms with Crippen molar-refractivity contribution in [2.75, 3.05) is 36.5 Å². The van der Waals surface area contributed by atoms with E-state index in [-0.39, 0.29) is 5.91 Å². The molecule has 1 aromatic carbocycles. The Balaban J connectivity index is 1.63. The lowest BCUT2D eigenvalue weighted by Gasteiger charge is -2.28. The fourth-order valence-electron chi connectivity index (χ4n) is 3.57. The molecule has 1 saturated heterocycles. The standard InChI is InChI=1S/C22H26N6O3S2/c1-3-15-6-4-5-7-17(15)28-21(27-9-11-31-12-10-27)25-26-22(28)33-14(2)19(30)24-20-16(18(23)29)8-13-32-20/h4-8,13-14H,3,9-12H2,1-2H3,(H2,23,29)(H,24,30). The normalized spacial score (nSPS) is 14.8. The van der Waals surface area contributed by atoms with Crippen LogP contribution in [-0.4, -0.2) is 58.1 Å². The van der Waals surface area contributed by atoms with Gasteiger partial charge in [-0.15, -0.1) is 21.5 Å². The first-order valence-corrected chi connectivity index (χ1v) is 12.5. The Hall–Kier alpha value is -2.89. The van der Waals surface area contributed by atoms with E-state index in [0.29, 0.717) is 28.9 Å². The molecule has 0 aliphatic carbocycles. The van der Waals surface area contributed by atoms with E-state index in [2.05, 4.69) is 33.4 Å². The number of rotatable bonds is 8. The quantitative estimate of drug-likeness (QED) is 0.470. The van der Waals surface area contributed by atoms with E-state index in [1.807, 2.05) is 22.8 Å². The Morgan fingerprint density at radius 3 is 2.73 bits per heavy atom. The minimum atomic E-state index is -0.571. The van der Waals surface area contributed by atoms with Gasteiger partial charge in [0.15, 0.2) is 5.16 Å². The zero-order valence-corrected chi connectivity index (χ0v) is 20.1. The minimum Gasteiger partial charge on any atom is -0.378 e. The van der Waals surface area contributed by atoms with Crippen LogP contribution in [0.1, 0.15) is 29.8 Å². The Kier molecular flexibility index (Phi) is 7.31. The van der Waals surface area contributed by atoms with Crippen molar-refractivity contribution in [3.05, 3.63) is 46.8 Å². The number of anilines is 2. The Morgan fingerprint density at radius 1 is 1.24 bits per heavy atom. The molecule has 0 bridgehead atoms. The van der Waals surface area contributed by atoms with Gasteiger partial charge >= 0.3 is 0 Å². The lowest BCUT2D eigenvalue weighted by Crippen LogP contribution is -2.38. The van der Waals surface area contributed by atoms with Crippen LogP contribution < -0.4 is 16.0 Å². The third-order valence-electron chi connectivity index (χ3n) is 5.34.